The number of fused-ring (bicyclic) bond motifs is 1. The van der Waals surface area contributed by atoms with Gasteiger partial charge in [0.2, 0.25) is 5.88 Å². The predicted molar refractivity (Wildman–Crippen MR) is 166 cm³/mol. The number of hydrogen-bond acceptors (Lipinski definition) is 8. The Labute approximate surface area is 261 Å². The molecule has 44 heavy (non-hydrogen) atoms. The number of hydrogen-bond donors (Lipinski definition) is 1. The molecule has 1 aliphatic rings. The fourth-order valence-electron chi connectivity index (χ4n) is 4.80. The average molecular weight is 611 g/mol. The number of nitrogens with two attached hydrogens (primary N) is 1. The van der Waals surface area contributed by atoms with Crippen LogP contribution in [0.1, 0.15) is 42.0 Å². The highest BCUT2D eigenvalue weighted by molar-refractivity contribution is 6.30. The van der Waals surface area contributed by atoms with Gasteiger partial charge in [0.1, 0.15) is 35.5 Å². The maximum absolute atomic E-state index is 12.5. The van der Waals surface area contributed by atoms with Gasteiger partial charge in [0.25, 0.3) is 0 Å². The molecular formula is C35H31ClN2O6. The molecule has 0 fully saturated rings. The van der Waals surface area contributed by atoms with Crippen molar-refractivity contribution < 1.29 is 28.5 Å². The zero-order valence-electron chi connectivity index (χ0n) is 24.3. The fraction of sp³-hybridized carbons (Fsp3) is 0.200. The number of nitriles is 1. The smallest absolute Gasteiger partial charge is 0.349 e. The summed E-state index contributed by atoms with van der Waals surface area (Å²) in [5.74, 6) is 1.12. The van der Waals surface area contributed by atoms with E-state index in [1.54, 1.807) is 18.2 Å². The first-order valence-corrected chi connectivity index (χ1v) is 14.5. The topological polar surface area (TPSA) is 113 Å². The number of aryl methyl sites for hydroxylation is 1. The number of allylic oxidation sites excluding steroid dienone is 1. The van der Waals surface area contributed by atoms with Crippen LogP contribution >= 0.6 is 11.6 Å². The third kappa shape index (κ3) is 7.08. The Morgan fingerprint density at radius 2 is 1.61 bits per heavy atom. The van der Waals surface area contributed by atoms with Gasteiger partial charge in [-0.15, -0.1) is 0 Å². The van der Waals surface area contributed by atoms with Gasteiger partial charge in [-0.25, -0.2) is 4.79 Å². The summed E-state index contributed by atoms with van der Waals surface area (Å²) in [5.41, 5.74) is 10.0. The van der Waals surface area contributed by atoms with Crippen LogP contribution in [-0.2, 0) is 17.8 Å². The van der Waals surface area contributed by atoms with Crippen LogP contribution in [0.5, 0.6) is 28.7 Å². The molecule has 9 heteroatoms. The lowest BCUT2D eigenvalue weighted by atomic mass is 9.83. The van der Waals surface area contributed by atoms with Crippen LogP contribution < -0.4 is 29.4 Å². The molecule has 1 atom stereocenters. The van der Waals surface area contributed by atoms with Gasteiger partial charge in [0.15, 0.2) is 18.1 Å². The summed E-state index contributed by atoms with van der Waals surface area (Å²) in [5, 5.41) is 10.7. The lowest BCUT2D eigenvalue weighted by Crippen LogP contribution is -2.22. The summed E-state index contributed by atoms with van der Waals surface area (Å²) in [4.78, 5) is 12.5. The molecule has 1 heterocycles. The highest BCUT2D eigenvalue weighted by Gasteiger charge is 2.32. The quantitative estimate of drug-likeness (QED) is 0.142. The Morgan fingerprint density at radius 1 is 0.886 bits per heavy atom. The van der Waals surface area contributed by atoms with Gasteiger partial charge in [-0.2, -0.15) is 5.26 Å². The molecule has 0 spiro atoms. The van der Waals surface area contributed by atoms with Crippen molar-refractivity contribution in [1.82, 2.24) is 0 Å². The van der Waals surface area contributed by atoms with E-state index in [0.29, 0.717) is 46.8 Å². The molecule has 0 aromatic heterocycles. The standard InChI is InChI=1S/C35H31ClN2O6/c1-3-22-7-12-26(13-8-22)41-21-33(39)43-27-14-15-28-31(18-27)44-35(38)29(19-37)34(28)24-9-16-30(32(17-24)40-4-2)42-20-23-5-10-25(36)11-6-23/h5-18,34H,3-4,20-21,38H2,1-2H3. The van der Waals surface area contributed by atoms with E-state index in [1.807, 2.05) is 73.7 Å². The SMILES string of the molecule is CCOc1cc(C2C(C#N)=C(N)Oc3cc(OC(=O)COc4ccc(CC)cc4)ccc32)ccc1OCc1ccc(Cl)cc1. The number of benzene rings is 4. The van der Waals surface area contributed by atoms with Crippen molar-refractivity contribution in [3.05, 3.63) is 124 Å². The summed E-state index contributed by atoms with van der Waals surface area (Å²) in [7, 11) is 0. The number of nitrogens with zero attached hydrogens (tertiary/aromatic N) is 1. The Balaban J connectivity index is 1.35. The molecule has 8 nitrogen and oxygen atoms in total. The number of halogens is 1. The largest absolute Gasteiger partial charge is 0.490 e. The molecule has 4 aromatic carbocycles. The van der Waals surface area contributed by atoms with Crippen LogP contribution in [0.4, 0.5) is 0 Å². The summed E-state index contributed by atoms with van der Waals surface area (Å²) < 4.78 is 28.8. The van der Waals surface area contributed by atoms with Crippen molar-refractivity contribution in [1.29, 1.82) is 5.26 Å². The van der Waals surface area contributed by atoms with Gasteiger partial charge < -0.3 is 29.4 Å². The van der Waals surface area contributed by atoms with Gasteiger partial charge in [0, 0.05) is 16.7 Å². The van der Waals surface area contributed by atoms with E-state index in [1.165, 1.54) is 5.56 Å². The van der Waals surface area contributed by atoms with Crippen molar-refractivity contribution >= 4 is 17.6 Å². The van der Waals surface area contributed by atoms with E-state index in [2.05, 4.69) is 13.0 Å². The Morgan fingerprint density at radius 3 is 2.32 bits per heavy atom. The van der Waals surface area contributed by atoms with Gasteiger partial charge >= 0.3 is 5.97 Å². The summed E-state index contributed by atoms with van der Waals surface area (Å²) in [6.45, 7) is 4.42. The molecule has 4 aromatic rings. The normalized spacial score (nSPS) is 13.7. The van der Waals surface area contributed by atoms with Gasteiger partial charge in [-0.3, -0.25) is 0 Å². The molecular weight excluding hydrogens is 580 g/mol. The number of esters is 1. The zero-order valence-corrected chi connectivity index (χ0v) is 25.1. The van der Waals surface area contributed by atoms with Crippen LogP contribution in [0.3, 0.4) is 0 Å². The van der Waals surface area contributed by atoms with E-state index in [9.17, 15) is 10.1 Å². The Bertz CT molecular complexity index is 1710. The zero-order chi connectivity index (χ0) is 31.1. The van der Waals surface area contributed by atoms with E-state index < -0.39 is 11.9 Å². The van der Waals surface area contributed by atoms with Crippen molar-refractivity contribution in [2.45, 2.75) is 32.8 Å². The van der Waals surface area contributed by atoms with Crippen molar-refractivity contribution in [3.8, 4) is 34.8 Å². The number of carbonyl (C=O) groups excluding carboxylic acids is 1. The minimum Gasteiger partial charge on any atom is -0.490 e. The molecule has 2 N–H and O–H groups in total. The molecule has 5 rings (SSSR count). The third-order valence-corrected chi connectivity index (χ3v) is 7.27. The maximum Gasteiger partial charge on any atom is 0.349 e. The van der Waals surface area contributed by atoms with Gasteiger partial charge in [-0.1, -0.05) is 54.9 Å². The number of rotatable bonds is 11. The molecule has 1 aliphatic heterocycles. The second kappa shape index (κ2) is 13.9. The van der Waals surface area contributed by atoms with Crippen LogP contribution in [0, 0.1) is 11.3 Å². The number of carbonyl (C=O) groups is 1. The van der Waals surface area contributed by atoms with Crippen LogP contribution in [0.25, 0.3) is 0 Å². The van der Waals surface area contributed by atoms with E-state index in [-0.39, 0.29) is 23.8 Å². The summed E-state index contributed by atoms with van der Waals surface area (Å²) >= 11 is 6.00. The highest BCUT2D eigenvalue weighted by Crippen LogP contribution is 2.45. The monoisotopic (exact) mass is 610 g/mol. The van der Waals surface area contributed by atoms with Crippen molar-refractivity contribution in [2.75, 3.05) is 13.2 Å². The minimum atomic E-state index is -0.575. The Kier molecular flexibility index (Phi) is 9.58. The van der Waals surface area contributed by atoms with Crippen LogP contribution in [0.2, 0.25) is 5.02 Å². The molecule has 224 valence electrons. The van der Waals surface area contributed by atoms with Crippen molar-refractivity contribution in [3.63, 3.8) is 0 Å². The number of ether oxygens (including phenoxy) is 5. The minimum absolute atomic E-state index is 0.0339. The summed E-state index contributed by atoms with van der Waals surface area (Å²) in [6.07, 6.45) is 0.914. The molecule has 0 radical (unpaired) electrons. The van der Waals surface area contributed by atoms with Crippen molar-refractivity contribution in [2.24, 2.45) is 5.73 Å². The maximum atomic E-state index is 12.5. The molecule has 0 saturated heterocycles. The Hall–Kier alpha value is -5.13. The third-order valence-electron chi connectivity index (χ3n) is 7.02. The second-order valence-corrected chi connectivity index (χ2v) is 10.4. The summed E-state index contributed by atoms with van der Waals surface area (Å²) in [6, 6.07) is 27.6. The lowest BCUT2D eigenvalue weighted by Gasteiger charge is -2.27. The molecule has 0 bridgehead atoms. The second-order valence-electron chi connectivity index (χ2n) is 9.94. The first-order valence-electron chi connectivity index (χ1n) is 14.2. The molecule has 0 saturated carbocycles. The molecule has 0 aliphatic carbocycles. The first kappa shape index (κ1) is 30.3. The fourth-order valence-corrected chi connectivity index (χ4v) is 4.93. The van der Waals surface area contributed by atoms with E-state index in [0.717, 1.165) is 17.5 Å². The molecule has 0 amide bonds. The van der Waals surface area contributed by atoms with Gasteiger partial charge in [0.05, 0.1) is 12.5 Å². The molecule has 1 unspecified atom stereocenters. The van der Waals surface area contributed by atoms with E-state index >= 15 is 0 Å². The van der Waals surface area contributed by atoms with Crippen LogP contribution in [0.15, 0.2) is 96.4 Å². The first-order chi connectivity index (χ1) is 21.4. The lowest BCUT2D eigenvalue weighted by molar-refractivity contribution is -0.136. The average Bonchev–Trinajstić information content (AvgIpc) is 3.03. The predicted octanol–water partition coefficient (Wildman–Crippen LogP) is 7.08. The van der Waals surface area contributed by atoms with Crippen LogP contribution in [-0.4, -0.2) is 19.2 Å². The van der Waals surface area contributed by atoms with E-state index in [4.69, 9.17) is 41.0 Å². The highest BCUT2D eigenvalue weighted by atomic mass is 35.5. The van der Waals surface area contributed by atoms with Gasteiger partial charge in [-0.05, 0) is 72.5 Å².